The van der Waals surface area contributed by atoms with E-state index in [9.17, 15) is 19.8 Å². The van der Waals surface area contributed by atoms with Gasteiger partial charge in [0.1, 0.15) is 0 Å². The summed E-state index contributed by atoms with van der Waals surface area (Å²) < 4.78 is 0. The topological polar surface area (TPSA) is 113 Å². The Morgan fingerprint density at radius 3 is 2.30 bits per heavy atom. The third kappa shape index (κ3) is 4.23. The summed E-state index contributed by atoms with van der Waals surface area (Å²) in [7, 11) is 0. The van der Waals surface area contributed by atoms with E-state index in [0.717, 1.165) is 5.56 Å². The van der Waals surface area contributed by atoms with Crippen molar-refractivity contribution in [3.05, 3.63) is 53.6 Å². The van der Waals surface area contributed by atoms with Crippen LogP contribution in [0.3, 0.4) is 0 Å². The molecule has 1 atom stereocenters. The number of phenols is 2. The Balaban J connectivity index is 1.99. The Kier molecular flexibility index (Phi) is 4.85. The van der Waals surface area contributed by atoms with Gasteiger partial charge in [-0.2, -0.15) is 0 Å². The quantitative estimate of drug-likeness (QED) is 0.632. The van der Waals surface area contributed by atoms with Gasteiger partial charge in [-0.25, -0.2) is 0 Å². The van der Waals surface area contributed by atoms with Gasteiger partial charge in [-0.3, -0.25) is 9.59 Å². The molecule has 2 aromatic carbocycles. The van der Waals surface area contributed by atoms with E-state index in [1.165, 1.54) is 12.1 Å². The average Bonchev–Trinajstić information content (AvgIpc) is 2.51. The average molecular weight is 314 g/mol. The Morgan fingerprint density at radius 1 is 1.09 bits per heavy atom. The van der Waals surface area contributed by atoms with Gasteiger partial charge in [0.25, 0.3) is 0 Å². The van der Waals surface area contributed by atoms with Gasteiger partial charge < -0.3 is 21.3 Å². The summed E-state index contributed by atoms with van der Waals surface area (Å²) in [4.78, 5) is 23.2. The van der Waals surface area contributed by atoms with Crippen LogP contribution in [-0.2, 0) is 11.2 Å². The highest BCUT2D eigenvalue weighted by Crippen LogP contribution is 2.26. The maximum absolute atomic E-state index is 12.2. The van der Waals surface area contributed by atoms with Crippen LogP contribution in [0.5, 0.6) is 11.5 Å². The van der Waals surface area contributed by atoms with E-state index in [-0.39, 0.29) is 23.3 Å². The third-order valence-corrected chi connectivity index (χ3v) is 3.47. The smallest absolute Gasteiger partial charge is 0.248 e. The molecule has 2 amide bonds. The normalized spacial score (nSPS) is 11.7. The number of carbonyl (C=O) groups is 2. The number of carbonyl (C=O) groups excluding carboxylic acids is 2. The molecule has 2 rings (SSSR count). The molecule has 6 heteroatoms. The first-order valence-corrected chi connectivity index (χ1v) is 7.08. The lowest BCUT2D eigenvalue weighted by Crippen LogP contribution is -2.22. The van der Waals surface area contributed by atoms with E-state index < -0.39 is 5.91 Å². The van der Waals surface area contributed by atoms with Crippen molar-refractivity contribution >= 4 is 17.5 Å². The summed E-state index contributed by atoms with van der Waals surface area (Å²) in [6.45, 7) is 1.76. The molecular formula is C17H18N2O4. The van der Waals surface area contributed by atoms with Crippen molar-refractivity contribution in [3.8, 4) is 11.5 Å². The van der Waals surface area contributed by atoms with E-state index in [2.05, 4.69) is 5.32 Å². The number of amides is 2. The van der Waals surface area contributed by atoms with Gasteiger partial charge in [-0.1, -0.05) is 13.0 Å². The van der Waals surface area contributed by atoms with Crippen molar-refractivity contribution in [1.82, 2.24) is 0 Å². The first-order chi connectivity index (χ1) is 10.9. The number of aromatic hydroxyl groups is 2. The maximum atomic E-state index is 12.2. The van der Waals surface area contributed by atoms with E-state index in [0.29, 0.717) is 17.7 Å². The highest BCUT2D eigenvalue weighted by Gasteiger charge is 2.15. The summed E-state index contributed by atoms with van der Waals surface area (Å²) in [5.74, 6) is -1.46. The Labute approximate surface area is 133 Å². The molecule has 0 saturated heterocycles. The van der Waals surface area contributed by atoms with Gasteiger partial charge >= 0.3 is 0 Å². The standard InChI is InChI=1S/C17H18N2O4/c1-10(8-11-2-7-14(20)15(21)9-11)17(23)19-13-5-3-12(4-6-13)16(18)22/h2-7,9-10,20-21H,8H2,1H3,(H2,18,22)(H,19,23). The number of rotatable bonds is 5. The third-order valence-electron chi connectivity index (χ3n) is 3.47. The van der Waals surface area contributed by atoms with Crippen LogP contribution in [0.15, 0.2) is 42.5 Å². The van der Waals surface area contributed by atoms with Crippen LogP contribution in [0.25, 0.3) is 0 Å². The second-order valence-corrected chi connectivity index (χ2v) is 5.36. The van der Waals surface area contributed by atoms with Gasteiger partial charge in [0.15, 0.2) is 11.5 Å². The molecule has 0 bridgehead atoms. The number of hydrogen-bond donors (Lipinski definition) is 4. The minimum Gasteiger partial charge on any atom is -0.504 e. The van der Waals surface area contributed by atoms with E-state index in [1.54, 1.807) is 37.3 Å². The van der Waals surface area contributed by atoms with Gasteiger partial charge in [-0.05, 0) is 48.4 Å². The fourth-order valence-electron chi connectivity index (χ4n) is 2.13. The van der Waals surface area contributed by atoms with Crippen LogP contribution in [0.2, 0.25) is 0 Å². The molecule has 0 heterocycles. The van der Waals surface area contributed by atoms with Crippen molar-refractivity contribution in [2.75, 3.05) is 5.32 Å². The lowest BCUT2D eigenvalue weighted by atomic mass is 10.00. The molecule has 0 fully saturated rings. The highest BCUT2D eigenvalue weighted by molar-refractivity contribution is 5.95. The van der Waals surface area contributed by atoms with Gasteiger partial charge in [-0.15, -0.1) is 0 Å². The fraction of sp³-hybridized carbons (Fsp3) is 0.176. The molecule has 0 spiro atoms. The molecule has 2 aromatic rings. The summed E-state index contributed by atoms with van der Waals surface area (Å²) in [5, 5.41) is 21.5. The number of hydrogen-bond acceptors (Lipinski definition) is 4. The molecule has 0 saturated carbocycles. The minimum atomic E-state index is -0.525. The summed E-state index contributed by atoms with van der Waals surface area (Å²) >= 11 is 0. The number of nitrogens with two attached hydrogens (primary N) is 1. The van der Waals surface area contributed by atoms with Crippen LogP contribution >= 0.6 is 0 Å². The first-order valence-electron chi connectivity index (χ1n) is 7.08. The molecule has 5 N–H and O–H groups in total. The second kappa shape index (κ2) is 6.83. The van der Waals surface area contributed by atoms with Crippen LogP contribution in [0.1, 0.15) is 22.8 Å². The second-order valence-electron chi connectivity index (χ2n) is 5.36. The summed E-state index contributed by atoms with van der Waals surface area (Å²) in [5.41, 5.74) is 6.84. The number of primary amides is 1. The monoisotopic (exact) mass is 314 g/mol. The van der Waals surface area contributed by atoms with Crippen LogP contribution in [0.4, 0.5) is 5.69 Å². The van der Waals surface area contributed by atoms with Crippen molar-refractivity contribution in [2.45, 2.75) is 13.3 Å². The predicted octanol–water partition coefficient (Wildman–Crippen LogP) is 2.01. The first kappa shape index (κ1) is 16.4. The van der Waals surface area contributed by atoms with Crippen LogP contribution < -0.4 is 11.1 Å². The van der Waals surface area contributed by atoms with Crippen molar-refractivity contribution < 1.29 is 19.8 Å². The zero-order valence-corrected chi connectivity index (χ0v) is 12.6. The molecule has 1 unspecified atom stereocenters. The molecule has 23 heavy (non-hydrogen) atoms. The van der Waals surface area contributed by atoms with Crippen molar-refractivity contribution in [2.24, 2.45) is 11.7 Å². The summed E-state index contributed by atoms with van der Waals surface area (Å²) in [6.07, 6.45) is 0.416. The maximum Gasteiger partial charge on any atom is 0.248 e. The number of anilines is 1. The molecule has 120 valence electrons. The molecule has 0 aliphatic heterocycles. The van der Waals surface area contributed by atoms with Crippen molar-refractivity contribution in [3.63, 3.8) is 0 Å². The molecule has 0 aliphatic rings. The predicted molar refractivity (Wildman–Crippen MR) is 86.2 cm³/mol. The molecule has 0 radical (unpaired) electrons. The Morgan fingerprint density at radius 2 is 1.74 bits per heavy atom. The zero-order chi connectivity index (χ0) is 17.0. The number of phenolic OH excluding ortho intramolecular Hbond substituents is 2. The van der Waals surface area contributed by atoms with Gasteiger partial charge in [0.2, 0.25) is 11.8 Å². The molecule has 6 nitrogen and oxygen atoms in total. The molecule has 0 aliphatic carbocycles. The van der Waals surface area contributed by atoms with Gasteiger partial charge in [0.05, 0.1) is 0 Å². The van der Waals surface area contributed by atoms with Crippen LogP contribution in [-0.4, -0.2) is 22.0 Å². The van der Waals surface area contributed by atoms with E-state index in [4.69, 9.17) is 5.73 Å². The van der Waals surface area contributed by atoms with E-state index >= 15 is 0 Å². The van der Waals surface area contributed by atoms with E-state index in [1.807, 2.05) is 0 Å². The fourth-order valence-corrected chi connectivity index (χ4v) is 2.13. The Hall–Kier alpha value is -3.02. The molecular weight excluding hydrogens is 296 g/mol. The van der Waals surface area contributed by atoms with Crippen LogP contribution in [0, 0.1) is 5.92 Å². The number of nitrogens with one attached hydrogen (secondary N) is 1. The Bertz CT molecular complexity index is 726. The lowest BCUT2D eigenvalue weighted by molar-refractivity contribution is -0.119. The number of benzene rings is 2. The minimum absolute atomic E-state index is 0.190. The zero-order valence-electron chi connectivity index (χ0n) is 12.6. The largest absolute Gasteiger partial charge is 0.504 e. The highest BCUT2D eigenvalue weighted by atomic mass is 16.3. The van der Waals surface area contributed by atoms with Gasteiger partial charge in [0, 0.05) is 17.2 Å². The SMILES string of the molecule is CC(Cc1ccc(O)c(O)c1)C(=O)Nc1ccc(C(N)=O)cc1. The lowest BCUT2D eigenvalue weighted by Gasteiger charge is -2.13. The van der Waals surface area contributed by atoms with Crippen molar-refractivity contribution in [1.29, 1.82) is 0 Å². The summed E-state index contributed by atoms with van der Waals surface area (Å²) in [6, 6.07) is 10.8. The molecule has 0 aromatic heterocycles.